The van der Waals surface area contributed by atoms with E-state index in [1.807, 2.05) is 13.2 Å². The second kappa shape index (κ2) is 7.90. The largest absolute Gasteiger partial charge is 0.376 e. The summed E-state index contributed by atoms with van der Waals surface area (Å²) in [7, 11) is 1.86. The first-order chi connectivity index (χ1) is 11.6. The van der Waals surface area contributed by atoms with Gasteiger partial charge in [0.05, 0.1) is 18.9 Å². The van der Waals surface area contributed by atoms with Crippen LogP contribution in [0.15, 0.2) is 17.8 Å². The Morgan fingerprint density at radius 2 is 2.29 bits per heavy atom. The second-order valence-corrected chi connectivity index (χ2v) is 7.23. The highest BCUT2D eigenvalue weighted by Gasteiger charge is 2.21. The molecule has 1 saturated carbocycles. The van der Waals surface area contributed by atoms with E-state index in [9.17, 15) is 4.79 Å². The molecule has 24 heavy (non-hydrogen) atoms. The molecule has 0 aromatic carbocycles. The highest BCUT2D eigenvalue weighted by Crippen LogP contribution is 2.26. The van der Waals surface area contributed by atoms with E-state index in [0.29, 0.717) is 30.9 Å². The monoisotopic (exact) mass is 348 g/mol. The zero-order valence-corrected chi connectivity index (χ0v) is 15.0. The van der Waals surface area contributed by atoms with Crippen molar-refractivity contribution in [1.29, 1.82) is 0 Å². The quantitative estimate of drug-likeness (QED) is 0.815. The van der Waals surface area contributed by atoms with E-state index in [1.54, 1.807) is 16.3 Å². The van der Waals surface area contributed by atoms with Gasteiger partial charge in [0.2, 0.25) is 0 Å². The number of ether oxygens (including phenoxy) is 1. The van der Waals surface area contributed by atoms with Gasteiger partial charge in [-0.1, -0.05) is 19.8 Å². The Kier molecular flexibility index (Phi) is 5.63. The maximum absolute atomic E-state index is 12.2. The molecule has 1 fully saturated rings. The third kappa shape index (κ3) is 4.21. The molecule has 0 saturated heterocycles. The smallest absolute Gasteiger partial charge is 0.270 e. The van der Waals surface area contributed by atoms with E-state index in [4.69, 9.17) is 4.74 Å². The summed E-state index contributed by atoms with van der Waals surface area (Å²) in [5.74, 6) is 0.469. The normalized spacial score (nSPS) is 20.9. The summed E-state index contributed by atoms with van der Waals surface area (Å²) < 4.78 is 7.64. The molecule has 6 nitrogen and oxygen atoms in total. The molecule has 0 bridgehead atoms. The number of rotatable bonds is 6. The van der Waals surface area contributed by atoms with Gasteiger partial charge in [0.15, 0.2) is 0 Å². The summed E-state index contributed by atoms with van der Waals surface area (Å²) in [6.45, 7) is 3.32. The zero-order chi connectivity index (χ0) is 16.9. The fourth-order valence-corrected chi connectivity index (χ4v) is 3.81. The van der Waals surface area contributed by atoms with Gasteiger partial charge in [-0.3, -0.25) is 9.48 Å². The van der Waals surface area contributed by atoms with Gasteiger partial charge in [-0.05, 0) is 18.8 Å². The highest BCUT2D eigenvalue weighted by atomic mass is 32.1. The Hall–Kier alpha value is -1.73. The van der Waals surface area contributed by atoms with Crippen LogP contribution in [0, 0.1) is 5.92 Å². The van der Waals surface area contributed by atoms with Crippen LogP contribution in [0.1, 0.15) is 43.1 Å². The molecule has 0 aliphatic heterocycles. The molecule has 3 rings (SSSR count). The first-order valence-electron chi connectivity index (χ1n) is 8.48. The average molecular weight is 348 g/mol. The first-order valence-corrected chi connectivity index (χ1v) is 9.36. The minimum atomic E-state index is -0.151. The van der Waals surface area contributed by atoms with Crippen LogP contribution < -0.4 is 5.32 Å². The molecular weight excluding hydrogens is 324 g/mol. The van der Waals surface area contributed by atoms with Crippen LogP contribution in [0.4, 0.5) is 0 Å². The Bertz CT molecular complexity index is 682. The van der Waals surface area contributed by atoms with Crippen molar-refractivity contribution >= 4 is 17.2 Å². The molecule has 1 N–H and O–H groups in total. The number of carbonyl (C=O) groups excluding carboxylic acids is 1. The zero-order valence-electron chi connectivity index (χ0n) is 14.2. The maximum atomic E-state index is 12.2. The standard InChI is InChI=1S/C17H24N4O2S/c1-12-5-3-4-6-15(12)23-8-7-18-16(22)14-11-24-17(20-14)13-9-19-21(2)10-13/h9-12,15H,3-8H2,1-2H3,(H,18,22)/t12-,15+/m1/s1. The minimum Gasteiger partial charge on any atom is -0.376 e. The number of aryl methyl sites for hydroxylation is 1. The third-order valence-corrected chi connectivity index (χ3v) is 5.33. The average Bonchev–Trinajstić information content (AvgIpc) is 3.21. The molecule has 2 atom stereocenters. The van der Waals surface area contributed by atoms with E-state index in [-0.39, 0.29) is 5.91 Å². The van der Waals surface area contributed by atoms with Crippen molar-refractivity contribution in [1.82, 2.24) is 20.1 Å². The maximum Gasteiger partial charge on any atom is 0.270 e. The molecule has 1 aliphatic carbocycles. The minimum absolute atomic E-state index is 0.151. The van der Waals surface area contributed by atoms with E-state index < -0.39 is 0 Å². The van der Waals surface area contributed by atoms with Crippen LogP contribution in [0.2, 0.25) is 0 Å². The van der Waals surface area contributed by atoms with Crippen molar-refractivity contribution in [2.75, 3.05) is 13.2 Å². The summed E-state index contributed by atoms with van der Waals surface area (Å²) in [6.07, 6.45) is 8.91. The lowest BCUT2D eigenvalue weighted by Crippen LogP contribution is -2.31. The Morgan fingerprint density at radius 1 is 1.46 bits per heavy atom. The number of thiazole rings is 1. The van der Waals surface area contributed by atoms with E-state index in [0.717, 1.165) is 17.0 Å². The van der Waals surface area contributed by atoms with Crippen LogP contribution in [-0.2, 0) is 11.8 Å². The number of hydrogen-bond acceptors (Lipinski definition) is 5. The fraction of sp³-hybridized carbons (Fsp3) is 0.588. The van der Waals surface area contributed by atoms with Crippen LogP contribution in [-0.4, -0.2) is 39.9 Å². The van der Waals surface area contributed by atoms with E-state index in [2.05, 4.69) is 22.3 Å². The Balaban J connectivity index is 1.44. The van der Waals surface area contributed by atoms with Gasteiger partial charge in [-0.15, -0.1) is 11.3 Å². The summed E-state index contributed by atoms with van der Waals surface area (Å²) in [4.78, 5) is 16.6. The van der Waals surface area contributed by atoms with Crippen molar-refractivity contribution in [3.8, 4) is 10.6 Å². The van der Waals surface area contributed by atoms with Gasteiger partial charge < -0.3 is 10.1 Å². The van der Waals surface area contributed by atoms with Gasteiger partial charge in [-0.2, -0.15) is 5.10 Å². The molecule has 0 spiro atoms. The second-order valence-electron chi connectivity index (χ2n) is 6.37. The number of amides is 1. The topological polar surface area (TPSA) is 69.0 Å². The SMILES string of the molecule is C[C@@H]1CCCC[C@@H]1OCCNC(=O)c1csc(-c2cnn(C)c2)n1. The van der Waals surface area contributed by atoms with Crippen LogP contribution in [0.25, 0.3) is 10.6 Å². The number of nitrogens with one attached hydrogen (secondary N) is 1. The summed E-state index contributed by atoms with van der Waals surface area (Å²) >= 11 is 1.45. The van der Waals surface area contributed by atoms with Crippen LogP contribution in [0.3, 0.4) is 0 Å². The van der Waals surface area contributed by atoms with Crippen molar-refractivity contribution in [2.45, 2.75) is 38.7 Å². The first kappa shape index (κ1) is 17.1. The lowest BCUT2D eigenvalue weighted by molar-refractivity contribution is -0.00294. The van der Waals surface area contributed by atoms with E-state index in [1.165, 1.54) is 30.6 Å². The fourth-order valence-electron chi connectivity index (χ4n) is 3.04. The van der Waals surface area contributed by atoms with Crippen molar-refractivity contribution in [3.63, 3.8) is 0 Å². The van der Waals surface area contributed by atoms with Gasteiger partial charge in [0, 0.05) is 30.7 Å². The molecule has 1 aliphatic rings. The number of carbonyl (C=O) groups is 1. The molecule has 130 valence electrons. The lowest BCUT2D eigenvalue weighted by atomic mass is 9.88. The summed E-state index contributed by atoms with van der Waals surface area (Å²) in [6, 6.07) is 0. The van der Waals surface area contributed by atoms with Crippen LogP contribution in [0.5, 0.6) is 0 Å². The number of aromatic nitrogens is 3. The van der Waals surface area contributed by atoms with Crippen LogP contribution >= 0.6 is 11.3 Å². The molecule has 2 aromatic heterocycles. The predicted molar refractivity (Wildman–Crippen MR) is 94.0 cm³/mol. The molecule has 7 heteroatoms. The van der Waals surface area contributed by atoms with Gasteiger partial charge in [0.25, 0.3) is 5.91 Å². The van der Waals surface area contributed by atoms with Crippen molar-refractivity contribution in [2.24, 2.45) is 13.0 Å². The van der Waals surface area contributed by atoms with E-state index >= 15 is 0 Å². The highest BCUT2D eigenvalue weighted by molar-refractivity contribution is 7.13. The molecule has 0 radical (unpaired) electrons. The summed E-state index contributed by atoms with van der Waals surface area (Å²) in [5.41, 5.74) is 1.38. The molecular formula is C17H24N4O2S. The molecule has 0 unspecified atom stereocenters. The van der Waals surface area contributed by atoms with Crippen molar-refractivity contribution in [3.05, 3.63) is 23.5 Å². The third-order valence-electron chi connectivity index (χ3n) is 4.44. The number of hydrogen-bond donors (Lipinski definition) is 1. The predicted octanol–water partition coefficient (Wildman–Crippen LogP) is 2.87. The molecule has 2 heterocycles. The van der Waals surface area contributed by atoms with Gasteiger partial charge in [-0.25, -0.2) is 4.98 Å². The van der Waals surface area contributed by atoms with Gasteiger partial charge >= 0.3 is 0 Å². The summed E-state index contributed by atoms with van der Waals surface area (Å²) in [5, 5.41) is 9.59. The van der Waals surface area contributed by atoms with Gasteiger partial charge in [0.1, 0.15) is 10.7 Å². The molecule has 2 aromatic rings. The lowest BCUT2D eigenvalue weighted by Gasteiger charge is -2.28. The molecule has 1 amide bonds. The Labute approximate surface area is 146 Å². The number of nitrogens with zero attached hydrogens (tertiary/aromatic N) is 3. The van der Waals surface area contributed by atoms with Crippen molar-refractivity contribution < 1.29 is 9.53 Å². The Morgan fingerprint density at radius 3 is 3.04 bits per heavy atom.